The summed E-state index contributed by atoms with van der Waals surface area (Å²) in [7, 11) is 4.17. The Labute approximate surface area is 142 Å². The van der Waals surface area contributed by atoms with Gasteiger partial charge in [0.25, 0.3) is 5.88 Å². The smallest absolute Gasteiger partial charge is 0.261 e. The van der Waals surface area contributed by atoms with Gasteiger partial charge in [0.1, 0.15) is 0 Å². The zero-order chi connectivity index (χ0) is 17.0. The first-order valence-corrected chi connectivity index (χ1v) is 9.41. The van der Waals surface area contributed by atoms with Gasteiger partial charge in [0.05, 0.1) is 39.9 Å². The third-order valence-corrected chi connectivity index (χ3v) is 7.74. The van der Waals surface area contributed by atoms with Crippen molar-refractivity contribution in [1.82, 2.24) is 9.97 Å². The van der Waals surface area contributed by atoms with E-state index in [0.717, 1.165) is 0 Å². The third-order valence-electron chi connectivity index (χ3n) is 3.34. The lowest BCUT2D eigenvalue weighted by molar-refractivity contribution is 0.294. The van der Waals surface area contributed by atoms with Gasteiger partial charge < -0.3 is 9.47 Å². The maximum absolute atomic E-state index is 5.84. The Hall–Kier alpha value is -0.570. The van der Waals surface area contributed by atoms with Crippen LogP contribution in [0.15, 0.2) is 11.4 Å². The zero-order valence-electron chi connectivity index (χ0n) is 14.2. The van der Waals surface area contributed by atoms with Gasteiger partial charge >= 0.3 is 0 Å². The molecule has 0 fully saturated rings. The molecule has 1 aromatic rings. The maximum atomic E-state index is 5.84. The summed E-state index contributed by atoms with van der Waals surface area (Å²) in [4.78, 5) is 8.87. The second kappa shape index (κ2) is 7.81. The highest BCUT2D eigenvalue weighted by atomic mass is 79.9. The highest BCUT2D eigenvalue weighted by Gasteiger charge is 2.42. The van der Waals surface area contributed by atoms with Crippen LogP contribution in [0.3, 0.4) is 0 Å². The maximum Gasteiger partial charge on any atom is 0.261 e. The minimum atomic E-state index is -2.16. The monoisotopic (exact) mass is 396 g/mol. The van der Waals surface area contributed by atoms with Crippen molar-refractivity contribution in [2.75, 3.05) is 33.8 Å². The van der Waals surface area contributed by atoms with Gasteiger partial charge in [-0.3, -0.25) is 8.37 Å². The van der Waals surface area contributed by atoms with Crippen LogP contribution >= 0.6 is 26.5 Å². The Balaban J connectivity index is 3.48. The van der Waals surface area contributed by atoms with Crippen molar-refractivity contribution in [3.05, 3.63) is 6.20 Å². The molecule has 0 spiro atoms. The van der Waals surface area contributed by atoms with E-state index in [2.05, 4.69) is 46.7 Å². The van der Waals surface area contributed by atoms with Crippen molar-refractivity contribution in [2.24, 2.45) is 5.41 Å². The molecule has 8 heteroatoms. The fourth-order valence-electron chi connectivity index (χ4n) is 2.12. The fourth-order valence-corrected chi connectivity index (χ4v) is 6.79. The molecular weight excluding hydrogens is 372 g/mol. The van der Waals surface area contributed by atoms with Crippen LogP contribution in [0.5, 0.6) is 11.6 Å². The fraction of sp³-hybridized carbons (Fsp3) is 0.714. The summed E-state index contributed by atoms with van der Waals surface area (Å²) in [6.45, 7) is 6.42. The molecule has 1 rings (SSSR count). The summed E-state index contributed by atoms with van der Waals surface area (Å²) in [5.74, 6) is 0.832. The van der Waals surface area contributed by atoms with Gasteiger partial charge in [-0.25, -0.2) is 4.98 Å². The van der Waals surface area contributed by atoms with E-state index in [1.807, 2.05) is 0 Å². The van der Waals surface area contributed by atoms with Gasteiger partial charge in [-0.2, -0.15) is 4.98 Å². The minimum absolute atomic E-state index is 0.0492. The molecule has 22 heavy (non-hydrogen) atoms. The van der Waals surface area contributed by atoms with E-state index in [1.165, 1.54) is 7.11 Å². The molecular formula is C14H25BrN2O4S. The minimum Gasteiger partial charge on any atom is -0.490 e. The molecule has 0 aliphatic heterocycles. The molecule has 0 saturated carbocycles. The van der Waals surface area contributed by atoms with Crippen molar-refractivity contribution in [3.63, 3.8) is 0 Å². The van der Waals surface area contributed by atoms with Crippen LogP contribution in [0.1, 0.15) is 20.8 Å². The molecule has 1 unspecified atom stereocenters. The zero-order valence-corrected chi connectivity index (χ0v) is 16.6. The normalized spacial score (nSPS) is 14.5. The number of halogens is 1. The molecule has 0 radical (unpaired) electrons. The van der Waals surface area contributed by atoms with Gasteiger partial charge in [0.2, 0.25) is 5.16 Å². The van der Waals surface area contributed by atoms with Crippen molar-refractivity contribution in [2.45, 2.75) is 31.2 Å². The molecule has 0 aromatic carbocycles. The van der Waals surface area contributed by atoms with Crippen molar-refractivity contribution in [3.8, 4) is 11.6 Å². The first kappa shape index (κ1) is 19.5. The third kappa shape index (κ3) is 3.67. The number of aromatic nitrogens is 2. The first-order chi connectivity index (χ1) is 10.3. The van der Waals surface area contributed by atoms with E-state index in [4.69, 9.17) is 17.8 Å². The number of hydrogen-bond donors (Lipinski definition) is 0. The van der Waals surface area contributed by atoms with Gasteiger partial charge in [-0.05, 0) is 5.41 Å². The lowest BCUT2D eigenvalue weighted by Gasteiger charge is -2.49. The van der Waals surface area contributed by atoms with E-state index in [0.29, 0.717) is 22.1 Å². The molecule has 0 bridgehead atoms. The van der Waals surface area contributed by atoms with E-state index in [-0.39, 0.29) is 10.7 Å². The Morgan fingerprint density at radius 3 is 2.09 bits per heavy atom. The highest BCUT2D eigenvalue weighted by Crippen LogP contribution is 2.64. The predicted octanol–water partition coefficient (Wildman–Crippen LogP) is 3.59. The van der Waals surface area contributed by atoms with Gasteiger partial charge in [0, 0.05) is 5.33 Å². The van der Waals surface area contributed by atoms with E-state index in [1.54, 1.807) is 27.5 Å². The Kier molecular flexibility index (Phi) is 6.91. The van der Waals surface area contributed by atoms with Crippen LogP contribution in [0, 0.1) is 5.41 Å². The van der Waals surface area contributed by atoms with Crippen LogP contribution in [0.2, 0.25) is 0 Å². The largest absolute Gasteiger partial charge is 0.490 e. The number of nitrogens with zero attached hydrogens (tertiary/aromatic N) is 2. The number of hydrogen-bond acceptors (Lipinski definition) is 6. The quantitative estimate of drug-likeness (QED) is 0.518. The summed E-state index contributed by atoms with van der Waals surface area (Å²) in [6, 6.07) is 0. The van der Waals surface area contributed by atoms with Gasteiger partial charge in [-0.1, -0.05) is 36.7 Å². The number of rotatable bonds is 7. The van der Waals surface area contributed by atoms with Crippen LogP contribution in [0.25, 0.3) is 0 Å². The molecule has 0 aliphatic carbocycles. The number of alkyl halides is 1. The molecule has 128 valence electrons. The van der Waals surface area contributed by atoms with Crippen LogP contribution in [0.4, 0.5) is 0 Å². The van der Waals surface area contributed by atoms with E-state index >= 15 is 0 Å². The first-order valence-electron chi connectivity index (χ1n) is 6.75. The van der Waals surface area contributed by atoms with Crippen LogP contribution in [-0.4, -0.2) is 49.0 Å². The number of methoxy groups -OCH3 is 2. The van der Waals surface area contributed by atoms with Crippen molar-refractivity contribution < 1.29 is 17.8 Å². The molecule has 6 nitrogen and oxygen atoms in total. The summed E-state index contributed by atoms with van der Waals surface area (Å²) in [5, 5.41) is 1.23. The molecule has 1 atom stereocenters. The summed E-state index contributed by atoms with van der Waals surface area (Å²) >= 11 is 3.58. The average molecular weight is 397 g/mol. The molecule has 0 N–H and O–H groups in total. The molecule has 0 saturated heterocycles. The molecule has 0 amide bonds. The lowest BCUT2D eigenvalue weighted by atomic mass is 9.93. The van der Waals surface area contributed by atoms with E-state index < -0.39 is 10.6 Å². The average Bonchev–Trinajstić information content (AvgIpc) is 2.50. The standard InChI is InChI=1S/C14H25BrN2O4S/c1-14(2,3)11(8-15)22(20-6,21-7)13-16-9-10(18-4)12(17-13)19-5/h9,11H,8H2,1-7H3. The van der Waals surface area contributed by atoms with Crippen molar-refractivity contribution >= 4 is 26.5 Å². The second-order valence-electron chi connectivity index (χ2n) is 5.62. The summed E-state index contributed by atoms with van der Waals surface area (Å²) in [6.07, 6.45) is 1.58. The number of ether oxygens (including phenoxy) is 2. The van der Waals surface area contributed by atoms with Crippen LogP contribution < -0.4 is 9.47 Å². The second-order valence-corrected chi connectivity index (χ2v) is 8.96. The molecule has 0 aliphatic rings. The SMILES string of the molecule is COc1cnc(S(OC)(OC)C(CBr)C(C)(C)C)nc1OC. The Morgan fingerprint density at radius 1 is 1.14 bits per heavy atom. The highest BCUT2D eigenvalue weighted by molar-refractivity contribution is 9.09. The van der Waals surface area contributed by atoms with Gasteiger partial charge in [0.15, 0.2) is 5.75 Å². The van der Waals surface area contributed by atoms with E-state index in [9.17, 15) is 0 Å². The Morgan fingerprint density at radius 2 is 1.73 bits per heavy atom. The van der Waals surface area contributed by atoms with Crippen molar-refractivity contribution in [1.29, 1.82) is 0 Å². The summed E-state index contributed by atoms with van der Waals surface area (Å²) < 4.78 is 22.1. The van der Waals surface area contributed by atoms with Crippen LogP contribution in [-0.2, 0) is 8.37 Å². The van der Waals surface area contributed by atoms with Gasteiger partial charge in [-0.15, -0.1) is 10.6 Å². The predicted molar refractivity (Wildman–Crippen MR) is 92.0 cm³/mol. The molecule has 1 heterocycles. The summed E-state index contributed by atoms with van der Waals surface area (Å²) in [5.41, 5.74) is -0.0681. The topological polar surface area (TPSA) is 62.7 Å². The molecule has 1 aromatic heterocycles. The Bertz CT molecular complexity index is 492. The lowest BCUT2D eigenvalue weighted by Crippen LogP contribution is -2.36.